The number of para-hydroxylation sites is 1. The highest BCUT2D eigenvalue weighted by Crippen LogP contribution is 2.29. The SMILES string of the molecule is COCCN(Cc1ccc(OC)c(OS(C)(=O)=O)c1)C(=O)Nc1ccccc1C. The van der Waals surface area contributed by atoms with E-state index in [1.807, 2.05) is 31.2 Å². The third-order valence-electron chi connectivity index (χ3n) is 4.08. The van der Waals surface area contributed by atoms with Crippen LogP contribution in [0.5, 0.6) is 11.5 Å². The van der Waals surface area contributed by atoms with Crippen LogP contribution in [-0.2, 0) is 21.4 Å². The van der Waals surface area contributed by atoms with Crippen LogP contribution in [0, 0.1) is 6.92 Å². The summed E-state index contributed by atoms with van der Waals surface area (Å²) < 4.78 is 38.3. The average Bonchev–Trinajstić information content (AvgIpc) is 2.65. The van der Waals surface area contributed by atoms with Crippen molar-refractivity contribution in [3.8, 4) is 11.5 Å². The smallest absolute Gasteiger partial charge is 0.322 e. The van der Waals surface area contributed by atoms with Crippen LogP contribution in [0.2, 0.25) is 0 Å². The molecule has 2 amide bonds. The number of benzene rings is 2. The predicted molar refractivity (Wildman–Crippen MR) is 111 cm³/mol. The normalized spacial score (nSPS) is 11.0. The number of aryl methyl sites for hydroxylation is 1. The molecule has 0 unspecified atom stereocenters. The van der Waals surface area contributed by atoms with Crippen molar-refractivity contribution in [1.29, 1.82) is 0 Å². The van der Waals surface area contributed by atoms with Crippen molar-refractivity contribution in [3.63, 3.8) is 0 Å². The van der Waals surface area contributed by atoms with Gasteiger partial charge in [0.2, 0.25) is 0 Å². The van der Waals surface area contributed by atoms with Gasteiger partial charge in [-0.3, -0.25) is 0 Å². The summed E-state index contributed by atoms with van der Waals surface area (Å²) in [5, 5.41) is 2.89. The van der Waals surface area contributed by atoms with Gasteiger partial charge in [-0.25, -0.2) is 4.79 Å². The van der Waals surface area contributed by atoms with Crippen molar-refractivity contribution < 1.29 is 26.9 Å². The summed E-state index contributed by atoms with van der Waals surface area (Å²) in [6.45, 7) is 2.84. The molecule has 8 nitrogen and oxygen atoms in total. The Labute approximate surface area is 171 Å². The first-order chi connectivity index (χ1) is 13.7. The zero-order valence-electron chi connectivity index (χ0n) is 17.0. The van der Waals surface area contributed by atoms with Crippen molar-refractivity contribution in [2.45, 2.75) is 13.5 Å². The van der Waals surface area contributed by atoms with E-state index in [1.165, 1.54) is 7.11 Å². The second kappa shape index (κ2) is 10.1. The molecule has 2 aromatic rings. The molecule has 0 aliphatic heterocycles. The molecule has 0 fully saturated rings. The van der Waals surface area contributed by atoms with E-state index in [2.05, 4.69) is 5.32 Å². The highest BCUT2D eigenvalue weighted by atomic mass is 32.2. The fourth-order valence-electron chi connectivity index (χ4n) is 2.63. The van der Waals surface area contributed by atoms with Gasteiger partial charge in [-0.2, -0.15) is 8.42 Å². The number of hydrogen-bond donors (Lipinski definition) is 1. The molecule has 1 N–H and O–H groups in total. The summed E-state index contributed by atoms with van der Waals surface area (Å²) in [7, 11) is -0.744. The van der Waals surface area contributed by atoms with E-state index in [0.29, 0.717) is 18.7 Å². The Bertz CT molecular complexity index is 946. The number of hydrogen-bond acceptors (Lipinski definition) is 6. The third-order valence-corrected chi connectivity index (χ3v) is 4.56. The van der Waals surface area contributed by atoms with Gasteiger partial charge in [-0.1, -0.05) is 24.3 Å². The summed E-state index contributed by atoms with van der Waals surface area (Å²) >= 11 is 0. The van der Waals surface area contributed by atoms with E-state index in [0.717, 1.165) is 17.5 Å². The van der Waals surface area contributed by atoms with E-state index in [1.54, 1.807) is 30.2 Å². The first kappa shape index (κ1) is 22.5. The number of ether oxygens (including phenoxy) is 2. The Kier molecular flexibility index (Phi) is 7.86. The van der Waals surface area contributed by atoms with Crippen LogP contribution in [0.4, 0.5) is 10.5 Å². The second-order valence-electron chi connectivity index (χ2n) is 6.43. The molecule has 0 heterocycles. The fraction of sp³-hybridized carbons (Fsp3) is 0.350. The summed E-state index contributed by atoms with van der Waals surface area (Å²) in [5.74, 6) is 0.352. The topological polar surface area (TPSA) is 94.2 Å². The Hall–Kier alpha value is -2.78. The Balaban J connectivity index is 2.23. The minimum absolute atomic E-state index is 0.0681. The van der Waals surface area contributed by atoms with E-state index in [9.17, 15) is 13.2 Å². The number of urea groups is 1. The van der Waals surface area contributed by atoms with Gasteiger partial charge in [0.1, 0.15) is 0 Å². The van der Waals surface area contributed by atoms with Gasteiger partial charge < -0.3 is 23.9 Å². The number of carbonyl (C=O) groups excluding carboxylic acids is 1. The fourth-order valence-corrected chi connectivity index (χ4v) is 3.09. The minimum Gasteiger partial charge on any atom is -0.493 e. The van der Waals surface area contributed by atoms with Gasteiger partial charge in [-0.15, -0.1) is 0 Å². The van der Waals surface area contributed by atoms with Crippen LogP contribution in [0.15, 0.2) is 42.5 Å². The number of anilines is 1. The average molecular weight is 423 g/mol. The molecule has 0 bridgehead atoms. The van der Waals surface area contributed by atoms with E-state index < -0.39 is 10.1 Å². The van der Waals surface area contributed by atoms with Gasteiger partial charge in [-0.05, 0) is 36.2 Å². The van der Waals surface area contributed by atoms with Gasteiger partial charge in [0.15, 0.2) is 11.5 Å². The Morgan fingerprint density at radius 3 is 2.45 bits per heavy atom. The first-order valence-electron chi connectivity index (χ1n) is 8.90. The monoisotopic (exact) mass is 422 g/mol. The lowest BCUT2D eigenvalue weighted by atomic mass is 10.2. The molecule has 2 aromatic carbocycles. The minimum atomic E-state index is -3.72. The lowest BCUT2D eigenvalue weighted by molar-refractivity contribution is 0.153. The van der Waals surface area contributed by atoms with Gasteiger partial charge in [0.25, 0.3) is 0 Å². The van der Waals surface area contributed by atoms with E-state index >= 15 is 0 Å². The van der Waals surface area contributed by atoms with Crippen molar-refractivity contribution in [3.05, 3.63) is 53.6 Å². The molecule has 0 aromatic heterocycles. The Morgan fingerprint density at radius 1 is 1.10 bits per heavy atom. The first-order valence-corrected chi connectivity index (χ1v) is 10.7. The molecular weight excluding hydrogens is 396 g/mol. The van der Waals surface area contributed by atoms with Crippen LogP contribution < -0.4 is 14.2 Å². The maximum absolute atomic E-state index is 12.8. The van der Waals surface area contributed by atoms with Gasteiger partial charge in [0.05, 0.1) is 20.0 Å². The molecular formula is C20H26N2O6S. The maximum Gasteiger partial charge on any atom is 0.322 e. The molecule has 0 aliphatic rings. The lowest BCUT2D eigenvalue weighted by Crippen LogP contribution is -2.37. The highest BCUT2D eigenvalue weighted by Gasteiger charge is 2.17. The number of nitrogens with one attached hydrogen (secondary N) is 1. The lowest BCUT2D eigenvalue weighted by Gasteiger charge is -2.24. The van der Waals surface area contributed by atoms with Crippen LogP contribution in [0.1, 0.15) is 11.1 Å². The molecule has 0 saturated heterocycles. The van der Waals surface area contributed by atoms with Crippen molar-refractivity contribution in [2.75, 3.05) is 38.9 Å². The molecule has 0 radical (unpaired) electrons. The summed E-state index contributed by atoms with van der Waals surface area (Å²) in [5.41, 5.74) is 2.34. The van der Waals surface area contributed by atoms with Crippen LogP contribution in [-0.4, -0.2) is 53.0 Å². The summed E-state index contributed by atoms with van der Waals surface area (Å²) in [4.78, 5) is 14.4. The second-order valence-corrected chi connectivity index (χ2v) is 8.01. The number of carbonyl (C=O) groups is 1. The summed E-state index contributed by atoms with van der Waals surface area (Å²) in [6.07, 6.45) is 0.958. The number of methoxy groups -OCH3 is 2. The predicted octanol–water partition coefficient (Wildman–Crippen LogP) is 3.02. The van der Waals surface area contributed by atoms with Crippen LogP contribution >= 0.6 is 0 Å². The molecule has 9 heteroatoms. The van der Waals surface area contributed by atoms with Crippen LogP contribution in [0.25, 0.3) is 0 Å². The molecule has 0 saturated carbocycles. The number of amides is 2. The largest absolute Gasteiger partial charge is 0.493 e. The summed E-state index contributed by atoms with van der Waals surface area (Å²) in [6, 6.07) is 12.1. The highest BCUT2D eigenvalue weighted by molar-refractivity contribution is 7.86. The molecule has 158 valence electrons. The molecule has 2 rings (SSSR count). The zero-order chi connectivity index (χ0) is 21.4. The number of rotatable bonds is 9. The quantitative estimate of drug-likeness (QED) is 0.625. The third kappa shape index (κ3) is 6.95. The zero-order valence-corrected chi connectivity index (χ0v) is 17.8. The van der Waals surface area contributed by atoms with E-state index in [4.69, 9.17) is 13.7 Å². The molecule has 29 heavy (non-hydrogen) atoms. The van der Waals surface area contributed by atoms with Crippen molar-refractivity contribution in [1.82, 2.24) is 4.90 Å². The maximum atomic E-state index is 12.8. The van der Waals surface area contributed by atoms with Crippen molar-refractivity contribution in [2.24, 2.45) is 0 Å². The van der Waals surface area contributed by atoms with Crippen LogP contribution in [0.3, 0.4) is 0 Å². The molecule has 0 atom stereocenters. The number of nitrogens with zero attached hydrogens (tertiary/aromatic N) is 1. The van der Waals surface area contributed by atoms with Gasteiger partial charge in [0, 0.05) is 25.9 Å². The standard InChI is InChI=1S/C20H26N2O6S/c1-15-7-5-6-8-17(15)21-20(23)22(11-12-26-2)14-16-9-10-18(27-3)19(13-16)28-29(4,24)25/h5-10,13H,11-12,14H2,1-4H3,(H,21,23). The Morgan fingerprint density at radius 2 is 1.83 bits per heavy atom. The molecule has 0 aliphatic carbocycles. The molecule has 0 spiro atoms. The van der Waals surface area contributed by atoms with Crippen molar-refractivity contribution >= 4 is 21.8 Å². The van der Waals surface area contributed by atoms with E-state index in [-0.39, 0.29) is 24.1 Å². The van der Waals surface area contributed by atoms with Gasteiger partial charge >= 0.3 is 16.1 Å².